The Morgan fingerprint density at radius 2 is 1.57 bits per heavy atom. The van der Waals surface area contributed by atoms with Crippen LogP contribution in [0, 0.1) is 13.8 Å². The van der Waals surface area contributed by atoms with Crippen LogP contribution in [0.1, 0.15) is 44.8 Å². The molecule has 1 saturated heterocycles. The van der Waals surface area contributed by atoms with Crippen molar-refractivity contribution < 1.29 is 9.31 Å². The zero-order valence-corrected chi connectivity index (χ0v) is 14.9. The number of hydrogen-bond acceptors (Lipinski definition) is 3. The molecule has 4 nitrogen and oxygen atoms in total. The van der Waals surface area contributed by atoms with Gasteiger partial charge in [0.15, 0.2) is 0 Å². The van der Waals surface area contributed by atoms with Gasteiger partial charge in [-0.25, -0.2) is 4.98 Å². The van der Waals surface area contributed by atoms with E-state index < -0.39 is 0 Å². The highest BCUT2D eigenvalue weighted by atomic mass is 16.7. The first-order valence-electron chi connectivity index (χ1n) is 8.14. The minimum atomic E-state index is -0.384. The molecule has 1 fully saturated rings. The maximum Gasteiger partial charge on any atom is 0.514 e. The van der Waals surface area contributed by atoms with Crippen LogP contribution in [0.25, 0.3) is 0 Å². The monoisotopic (exact) mass is 312 g/mol. The van der Waals surface area contributed by atoms with Gasteiger partial charge in [0, 0.05) is 6.54 Å². The van der Waals surface area contributed by atoms with Crippen LogP contribution in [0.5, 0.6) is 0 Å². The van der Waals surface area contributed by atoms with Gasteiger partial charge in [0.1, 0.15) is 5.82 Å². The van der Waals surface area contributed by atoms with Crippen LogP contribution in [0.2, 0.25) is 0 Å². The van der Waals surface area contributed by atoms with E-state index in [1.54, 1.807) is 0 Å². The third-order valence-corrected chi connectivity index (χ3v) is 5.04. The van der Waals surface area contributed by atoms with Gasteiger partial charge in [-0.1, -0.05) is 30.3 Å². The fourth-order valence-corrected chi connectivity index (χ4v) is 2.95. The van der Waals surface area contributed by atoms with E-state index in [1.807, 2.05) is 19.9 Å². The zero-order valence-electron chi connectivity index (χ0n) is 14.9. The summed E-state index contributed by atoms with van der Waals surface area (Å²) in [6.07, 6.45) is 0. The number of benzene rings is 1. The maximum absolute atomic E-state index is 6.24. The number of rotatable bonds is 3. The molecule has 0 unspecified atom stereocenters. The number of imidazole rings is 1. The Morgan fingerprint density at radius 3 is 2.13 bits per heavy atom. The second kappa shape index (κ2) is 5.50. The van der Waals surface area contributed by atoms with Crippen molar-refractivity contribution in [1.29, 1.82) is 0 Å². The highest BCUT2D eigenvalue weighted by Crippen LogP contribution is 2.36. The first kappa shape index (κ1) is 16.3. The molecule has 3 rings (SSSR count). The van der Waals surface area contributed by atoms with Crippen molar-refractivity contribution in [3.63, 3.8) is 0 Å². The number of hydrogen-bond donors (Lipinski definition) is 0. The molecule has 122 valence electrons. The molecule has 0 aliphatic carbocycles. The van der Waals surface area contributed by atoms with Gasteiger partial charge in [-0.05, 0) is 47.1 Å². The predicted octanol–water partition coefficient (Wildman–Crippen LogP) is 2.85. The van der Waals surface area contributed by atoms with Gasteiger partial charge in [0.25, 0.3) is 0 Å². The third-order valence-electron chi connectivity index (χ3n) is 5.04. The molecule has 0 spiro atoms. The molecule has 0 amide bonds. The minimum Gasteiger partial charge on any atom is -0.398 e. The summed E-state index contributed by atoms with van der Waals surface area (Å²) in [7, 11) is -0.384. The molecule has 0 bridgehead atoms. The fraction of sp³-hybridized carbons (Fsp3) is 0.500. The Bertz CT molecular complexity index is 691. The van der Waals surface area contributed by atoms with Gasteiger partial charge in [-0.3, -0.25) is 0 Å². The van der Waals surface area contributed by atoms with Gasteiger partial charge in [0.2, 0.25) is 0 Å². The second-order valence-electron chi connectivity index (χ2n) is 7.29. The molecule has 0 N–H and O–H groups in total. The lowest BCUT2D eigenvalue weighted by atomic mass is 9.82. The SMILES string of the molecule is Cc1nc(C)n(Cc2ccccc2)c1B1OC(C)(C)C(C)(C)O1. The average Bonchev–Trinajstić information content (AvgIpc) is 2.84. The third kappa shape index (κ3) is 2.84. The molecular weight excluding hydrogens is 287 g/mol. The van der Waals surface area contributed by atoms with Crippen molar-refractivity contribution in [3.05, 3.63) is 47.4 Å². The summed E-state index contributed by atoms with van der Waals surface area (Å²) in [5, 5.41) is 0. The van der Waals surface area contributed by atoms with Gasteiger partial charge in [-0.2, -0.15) is 0 Å². The van der Waals surface area contributed by atoms with Crippen molar-refractivity contribution in [2.24, 2.45) is 0 Å². The number of aryl methyl sites for hydroxylation is 2. The molecule has 5 heteroatoms. The summed E-state index contributed by atoms with van der Waals surface area (Å²) in [5.74, 6) is 0.982. The normalized spacial score (nSPS) is 19.3. The van der Waals surface area contributed by atoms with E-state index in [-0.39, 0.29) is 18.3 Å². The fourth-order valence-electron chi connectivity index (χ4n) is 2.95. The van der Waals surface area contributed by atoms with E-state index in [9.17, 15) is 0 Å². The molecule has 1 aliphatic rings. The smallest absolute Gasteiger partial charge is 0.398 e. The lowest BCUT2D eigenvalue weighted by Crippen LogP contribution is -2.41. The van der Waals surface area contributed by atoms with E-state index in [4.69, 9.17) is 9.31 Å². The summed E-state index contributed by atoms with van der Waals surface area (Å²) in [4.78, 5) is 4.65. The van der Waals surface area contributed by atoms with E-state index >= 15 is 0 Å². The molecule has 1 aromatic carbocycles. The molecule has 1 aromatic heterocycles. The van der Waals surface area contributed by atoms with E-state index in [2.05, 4.69) is 61.5 Å². The maximum atomic E-state index is 6.24. The van der Waals surface area contributed by atoms with Crippen LogP contribution in [-0.2, 0) is 15.9 Å². The van der Waals surface area contributed by atoms with Crippen LogP contribution in [0.4, 0.5) is 0 Å². The Morgan fingerprint density at radius 1 is 1.00 bits per heavy atom. The summed E-state index contributed by atoms with van der Waals surface area (Å²) in [5.41, 5.74) is 2.53. The molecular formula is C18H25BN2O2. The second-order valence-corrected chi connectivity index (χ2v) is 7.29. The average molecular weight is 312 g/mol. The summed E-state index contributed by atoms with van der Waals surface area (Å²) in [6.45, 7) is 13.1. The number of aromatic nitrogens is 2. The first-order chi connectivity index (χ1) is 10.7. The highest BCUT2D eigenvalue weighted by molar-refractivity contribution is 6.61. The number of nitrogens with zero attached hydrogens (tertiary/aromatic N) is 2. The summed E-state index contributed by atoms with van der Waals surface area (Å²) < 4.78 is 14.7. The van der Waals surface area contributed by atoms with Crippen LogP contribution >= 0.6 is 0 Å². The van der Waals surface area contributed by atoms with Crippen LogP contribution in [0.3, 0.4) is 0 Å². The van der Waals surface area contributed by atoms with Gasteiger partial charge in [0.05, 0.1) is 22.5 Å². The van der Waals surface area contributed by atoms with Gasteiger partial charge in [-0.15, -0.1) is 0 Å². The Labute approximate surface area is 139 Å². The van der Waals surface area contributed by atoms with Crippen molar-refractivity contribution in [2.45, 2.75) is 59.3 Å². The lowest BCUT2D eigenvalue weighted by molar-refractivity contribution is 0.00578. The first-order valence-corrected chi connectivity index (χ1v) is 8.14. The van der Waals surface area contributed by atoms with E-state index in [0.29, 0.717) is 0 Å². The topological polar surface area (TPSA) is 36.3 Å². The van der Waals surface area contributed by atoms with Crippen LogP contribution < -0.4 is 5.59 Å². The largest absolute Gasteiger partial charge is 0.514 e. The molecule has 0 atom stereocenters. The zero-order chi connectivity index (χ0) is 16.8. The van der Waals surface area contributed by atoms with Gasteiger partial charge >= 0.3 is 7.12 Å². The standard InChI is InChI=1S/C18H25BN2O2/c1-13-16(19-22-17(3,4)18(5,6)23-19)21(14(2)20-13)12-15-10-8-7-9-11-15/h7-11H,12H2,1-6H3. The Balaban J connectivity index is 1.98. The highest BCUT2D eigenvalue weighted by Gasteiger charge is 2.53. The predicted molar refractivity (Wildman–Crippen MR) is 93.0 cm³/mol. The summed E-state index contributed by atoms with van der Waals surface area (Å²) in [6, 6.07) is 10.4. The molecule has 2 aromatic rings. The molecule has 1 aliphatic heterocycles. The molecule has 0 saturated carbocycles. The van der Waals surface area contributed by atoms with Crippen molar-refractivity contribution in [3.8, 4) is 0 Å². The molecule has 2 heterocycles. The van der Waals surface area contributed by atoms with Crippen LogP contribution in [-0.4, -0.2) is 27.9 Å². The summed E-state index contributed by atoms with van der Waals surface area (Å²) >= 11 is 0. The van der Waals surface area contributed by atoms with E-state index in [0.717, 1.165) is 23.7 Å². The van der Waals surface area contributed by atoms with Crippen molar-refractivity contribution in [2.75, 3.05) is 0 Å². The van der Waals surface area contributed by atoms with Crippen molar-refractivity contribution in [1.82, 2.24) is 9.55 Å². The van der Waals surface area contributed by atoms with E-state index in [1.165, 1.54) is 5.56 Å². The Hall–Kier alpha value is -1.59. The lowest BCUT2D eigenvalue weighted by Gasteiger charge is -2.32. The Kier molecular flexibility index (Phi) is 3.89. The van der Waals surface area contributed by atoms with Crippen molar-refractivity contribution >= 4 is 12.7 Å². The van der Waals surface area contributed by atoms with Gasteiger partial charge < -0.3 is 13.9 Å². The quantitative estimate of drug-likeness (QED) is 0.818. The molecule has 0 radical (unpaired) electrons. The minimum absolute atomic E-state index is 0.347. The van der Waals surface area contributed by atoms with Crippen LogP contribution in [0.15, 0.2) is 30.3 Å². The molecule has 23 heavy (non-hydrogen) atoms.